The first-order chi connectivity index (χ1) is 11.9. The minimum Gasteiger partial charge on any atom is -0.496 e. The number of ether oxygens (including phenoxy) is 4. The van der Waals surface area contributed by atoms with Crippen molar-refractivity contribution in [3.05, 3.63) is 29.4 Å². The van der Waals surface area contributed by atoms with E-state index in [0.717, 1.165) is 0 Å². The van der Waals surface area contributed by atoms with E-state index in [9.17, 15) is 8.42 Å². The Bertz CT molecular complexity index is 752. The molecule has 1 aromatic carbocycles. The number of thioether (sulfide) groups is 2. The van der Waals surface area contributed by atoms with Crippen LogP contribution in [0.5, 0.6) is 11.5 Å². The van der Waals surface area contributed by atoms with E-state index in [2.05, 4.69) is 4.72 Å². The van der Waals surface area contributed by atoms with Gasteiger partial charge in [0.05, 0.1) is 26.2 Å². The van der Waals surface area contributed by atoms with Gasteiger partial charge in [-0.15, -0.1) is 23.5 Å². The van der Waals surface area contributed by atoms with Gasteiger partial charge in [-0.25, -0.2) is 8.42 Å². The molecule has 2 unspecified atom stereocenters. The molecule has 1 aliphatic rings. The second-order valence-corrected chi connectivity index (χ2v) is 8.85. The van der Waals surface area contributed by atoms with Gasteiger partial charge in [0.2, 0.25) is 15.7 Å². The Morgan fingerprint density at radius 1 is 1.12 bits per heavy atom. The largest absolute Gasteiger partial charge is 0.496 e. The second-order valence-electron chi connectivity index (χ2n) is 4.95. The molecule has 2 atom stereocenters. The average Bonchev–Trinajstić information content (AvgIpc) is 2.97. The minimum atomic E-state index is -3.92. The van der Waals surface area contributed by atoms with E-state index in [1.807, 2.05) is 6.26 Å². The summed E-state index contributed by atoms with van der Waals surface area (Å²) in [5, 5.41) is 1.75. The topological polar surface area (TPSA) is 83.1 Å². The van der Waals surface area contributed by atoms with Crippen molar-refractivity contribution in [2.75, 3.05) is 34.7 Å². The Balaban J connectivity index is 2.44. The van der Waals surface area contributed by atoms with Crippen LogP contribution >= 0.6 is 23.5 Å². The first-order valence-corrected chi connectivity index (χ1v) is 10.8. The number of nitrogens with one attached hydrogen (secondary N) is 1. The lowest BCUT2D eigenvalue weighted by Crippen LogP contribution is -2.55. The molecule has 1 aromatic rings. The number of benzene rings is 1. The van der Waals surface area contributed by atoms with Crippen LogP contribution in [0.25, 0.3) is 0 Å². The first kappa shape index (κ1) is 20.2. The van der Waals surface area contributed by atoms with Gasteiger partial charge in [0, 0.05) is 18.6 Å². The van der Waals surface area contributed by atoms with Crippen molar-refractivity contribution in [2.24, 2.45) is 0 Å². The van der Waals surface area contributed by atoms with Crippen molar-refractivity contribution in [3.63, 3.8) is 0 Å². The lowest BCUT2D eigenvalue weighted by Gasteiger charge is -2.34. The molecule has 140 valence electrons. The van der Waals surface area contributed by atoms with Gasteiger partial charge in [-0.2, -0.15) is 4.72 Å². The van der Waals surface area contributed by atoms with Gasteiger partial charge in [-0.3, -0.25) is 0 Å². The van der Waals surface area contributed by atoms with Crippen LogP contribution in [0, 0.1) is 0 Å². The van der Waals surface area contributed by atoms with E-state index in [0.29, 0.717) is 17.3 Å². The number of rotatable bonds is 8. The van der Waals surface area contributed by atoms with Gasteiger partial charge < -0.3 is 18.9 Å². The molecule has 0 amide bonds. The Hall–Kier alpha value is -1.07. The molecule has 0 aromatic heterocycles. The summed E-state index contributed by atoms with van der Waals surface area (Å²) in [6.07, 6.45) is 1.88. The molecule has 0 bridgehead atoms. The summed E-state index contributed by atoms with van der Waals surface area (Å²) in [5.74, 6) is 1.17. The van der Waals surface area contributed by atoms with E-state index in [-0.39, 0.29) is 9.48 Å². The molecule has 2 rings (SSSR count). The third-order valence-corrected chi connectivity index (χ3v) is 7.75. The standard InChI is InChI=1S/C15H21NO6S3/c1-19-11-7-6-10(8-12(11)20-2)25(17,18)16-15(22-4)13(21-3)9-24-14(15)23-5/h6-9,14,16H,1-5H3. The van der Waals surface area contributed by atoms with Crippen LogP contribution < -0.4 is 14.2 Å². The van der Waals surface area contributed by atoms with Gasteiger partial charge >= 0.3 is 0 Å². The fourth-order valence-corrected chi connectivity index (χ4v) is 6.10. The maximum atomic E-state index is 13.0. The highest BCUT2D eigenvalue weighted by Crippen LogP contribution is 2.46. The van der Waals surface area contributed by atoms with Crippen molar-refractivity contribution in [2.45, 2.75) is 15.2 Å². The highest BCUT2D eigenvalue weighted by Gasteiger charge is 2.51. The summed E-state index contributed by atoms with van der Waals surface area (Å²) in [7, 11) is 1.94. The molecule has 0 fully saturated rings. The van der Waals surface area contributed by atoms with E-state index in [1.165, 1.54) is 70.2 Å². The van der Waals surface area contributed by atoms with Gasteiger partial charge in [0.25, 0.3) is 0 Å². The van der Waals surface area contributed by atoms with E-state index < -0.39 is 15.7 Å². The molecule has 10 heteroatoms. The van der Waals surface area contributed by atoms with Crippen molar-refractivity contribution in [1.29, 1.82) is 0 Å². The molecular formula is C15H21NO6S3. The summed E-state index contributed by atoms with van der Waals surface area (Å²) in [5.41, 5.74) is -1.30. The Morgan fingerprint density at radius 2 is 1.80 bits per heavy atom. The molecule has 0 aliphatic carbocycles. The molecule has 25 heavy (non-hydrogen) atoms. The highest BCUT2D eigenvalue weighted by molar-refractivity contribution is 8.18. The maximum absolute atomic E-state index is 13.0. The van der Waals surface area contributed by atoms with Crippen LogP contribution in [-0.2, 0) is 19.5 Å². The average molecular weight is 408 g/mol. The Morgan fingerprint density at radius 3 is 2.32 bits per heavy atom. The van der Waals surface area contributed by atoms with Crippen molar-refractivity contribution in [1.82, 2.24) is 4.72 Å². The number of hydrogen-bond donors (Lipinski definition) is 1. The number of methoxy groups -OCH3 is 4. The SMILES string of the molecule is COC1=CSC(SC)C1(NS(=O)(=O)c1ccc(OC)c(OC)c1)OC. The summed E-state index contributed by atoms with van der Waals surface area (Å²) in [4.78, 5) is 0.0359. The van der Waals surface area contributed by atoms with Crippen LogP contribution in [0.4, 0.5) is 0 Å². The van der Waals surface area contributed by atoms with E-state index >= 15 is 0 Å². The normalized spacial score (nSPS) is 23.2. The molecule has 1 N–H and O–H groups in total. The van der Waals surface area contributed by atoms with Gasteiger partial charge in [-0.1, -0.05) is 0 Å². The zero-order valence-corrected chi connectivity index (χ0v) is 17.0. The summed E-state index contributed by atoms with van der Waals surface area (Å²) >= 11 is 2.90. The third kappa shape index (κ3) is 3.72. The van der Waals surface area contributed by atoms with Crippen LogP contribution in [0.3, 0.4) is 0 Å². The zero-order valence-electron chi connectivity index (χ0n) is 14.6. The quantitative estimate of drug-likeness (QED) is 0.657. The lowest BCUT2D eigenvalue weighted by atomic mass is 10.2. The highest BCUT2D eigenvalue weighted by atomic mass is 32.2. The molecule has 7 nitrogen and oxygen atoms in total. The summed E-state index contributed by atoms with van der Waals surface area (Å²) in [6, 6.07) is 4.38. The third-order valence-electron chi connectivity index (χ3n) is 3.70. The molecule has 0 radical (unpaired) electrons. The molecule has 0 spiro atoms. The summed E-state index contributed by atoms with van der Waals surface area (Å²) < 4.78 is 49.6. The fourth-order valence-electron chi connectivity index (χ4n) is 2.42. The molecular weight excluding hydrogens is 386 g/mol. The van der Waals surface area contributed by atoms with Crippen LogP contribution in [0.2, 0.25) is 0 Å². The molecule has 0 saturated carbocycles. The van der Waals surface area contributed by atoms with Crippen molar-refractivity contribution >= 4 is 33.5 Å². The smallest absolute Gasteiger partial charge is 0.243 e. The fraction of sp³-hybridized carbons (Fsp3) is 0.467. The first-order valence-electron chi connectivity index (χ1n) is 7.12. The second kappa shape index (κ2) is 8.09. The minimum absolute atomic E-state index is 0.0359. The molecule has 0 saturated heterocycles. The zero-order chi connectivity index (χ0) is 18.7. The van der Waals surface area contributed by atoms with Crippen LogP contribution in [0.1, 0.15) is 0 Å². The van der Waals surface area contributed by atoms with Gasteiger partial charge in [0.15, 0.2) is 17.3 Å². The number of hydrogen-bond acceptors (Lipinski definition) is 8. The van der Waals surface area contributed by atoms with E-state index in [4.69, 9.17) is 18.9 Å². The summed E-state index contributed by atoms with van der Waals surface area (Å²) in [6.45, 7) is 0. The monoisotopic (exact) mass is 407 g/mol. The Kier molecular flexibility index (Phi) is 6.55. The lowest BCUT2D eigenvalue weighted by molar-refractivity contribution is -0.0121. The number of sulfonamides is 1. The van der Waals surface area contributed by atoms with Crippen LogP contribution in [0.15, 0.2) is 34.3 Å². The van der Waals surface area contributed by atoms with Gasteiger partial charge in [-0.05, 0) is 18.4 Å². The molecule has 1 aliphatic heterocycles. The van der Waals surface area contributed by atoms with Crippen molar-refractivity contribution < 1.29 is 27.4 Å². The van der Waals surface area contributed by atoms with Gasteiger partial charge in [0.1, 0.15) is 4.58 Å². The van der Waals surface area contributed by atoms with E-state index in [1.54, 1.807) is 5.41 Å². The predicted octanol–water partition coefficient (Wildman–Crippen LogP) is 2.25. The Labute approximate surface area is 156 Å². The maximum Gasteiger partial charge on any atom is 0.243 e. The molecule has 1 heterocycles. The van der Waals surface area contributed by atoms with Crippen molar-refractivity contribution in [3.8, 4) is 11.5 Å². The van der Waals surface area contributed by atoms with Crippen LogP contribution in [-0.4, -0.2) is 53.4 Å². The predicted molar refractivity (Wildman–Crippen MR) is 99.6 cm³/mol.